The van der Waals surface area contributed by atoms with Gasteiger partial charge in [-0.05, 0) is 52.7 Å². The van der Waals surface area contributed by atoms with Gasteiger partial charge in [-0.1, -0.05) is 23.8 Å². The lowest BCUT2D eigenvalue weighted by atomic mass is 10.2. The Bertz CT molecular complexity index is 839. The average molecular weight is 446 g/mol. The highest BCUT2D eigenvalue weighted by molar-refractivity contribution is 9.10. The van der Waals surface area contributed by atoms with E-state index in [1.54, 1.807) is 36.4 Å². The first-order valence-electron chi connectivity index (χ1n) is 7.84. The van der Waals surface area contributed by atoms with E-state index in [1.807, 2.05) is 6.92 Å². The Morgan fingerprint density at radius 1 is 1.12 bits per heavy atom. The molecule has 0 fully saturated rings. The molecule has 0 spiro atoms. The lowest BCUT2D eigenvalue weighted by Gasteiger charge is -2.26. The van der Waals surface area contributed by atoms with Crippen molar-refractivity contribution in [2.45, 2.75) is 24.7 Å². The van der Waals surface area contributed by atoms with Crippen molar-refractivity contribution in [3.05, 3.63) is 63.9 Å². The van der Waals surface area contributed by atoms with Gasteiger partial charge in [-0.15, -0.1) is 0 Å². The molecule has 0 atom stereocenters. The van der Waals surface area contributed by atoms with Gasteiger partial charge in [0.1, 0.15) is 5.82 Å². The van der Waals surface area contributed by atoms with Crippen LogP contribution in [0.15, 0.2) is 51.8 Å². The molecule has 26 heavy (non-hydrogen) atoms. The molecule has 142 valence electrons. The lowest BCUT2D eigenvalue weighted by molar-refractivity contribution is -0.108. The second-order valence-corrected chi connectivity index (χ2v) is 8.55. The molecule has 8 heteroatoms. The Kier molecular flexibility index (Phi) is 7.31. The molecule has 0 N–H and O–H groups in total. The third-order valence-electron chi connectivity index (χ3n) is 3.88. The first kappa shape index (κ1) is 21.0. The van der Waals surface area contributed by atoms with Gasteiger partial charge >= 0.3 is 0 Å². The van der Waals surface area contributed by atoms with Crippen LogP contribution in [-0.4, -0.2) is 39.8 Å². The number of nitrogens with zero attached hydrogens (tertiary/aromatic N) is 1. The van der Waals surface area contributed by atoms with Crippen molar-refractivity contribution in [2.75, 3.05) is 20.8 Å². The number of rotatable bonds is 8. The molecule has 0 heterocycles. The van der Waals surface area contributed by atoms with E-state index in [9.17, 15) is 12.8 Å². The molecule has 2 rings (SSSR count). The smallest absolute Gasteiger partial charge is 0.243 e. The van der Waals surface area contributed by atoms with Crippen LogP contribution in [0.2, 0.25) is 0 Å². The molecule has 0 aliphatic rings. The van der Waals surface area contributed by atoms with Gasteiger partial charge in [0.2, 0.25) is 10.0 Å². The summed E-state index contributed by atoms with van der Waals surface area (Å²) < 4.78 is 51.5. The number of sulfonamides is 1. The number of ether oxygens (including phenoxy) is 2. The fourth-order valence-corrected chi connectivity index (χ4v) is 4.20. The second kappa shape index (κ2) is 9.05. The van der Waals surface area contributed by atoms with E-state index in [-0.39, 0.29) is 22.5 Å². The molecular formula is C18H21BrFNO4S. The minimum atomic E-state index is -3.79. The van der Waals surface area contributed by atoms with Crippen LogP contribution >= 0.6 is 15.9 Å². The van der Waals surface area contributed by atoms with Crippen LogP contribution in [0.1, 0.15) is 11.1 Å². The Labute approximate surface area is 161 Å². The number of halogens is 2. The quantitative estimate of drug-likeness (QED) is 0.581. The Balaban J connectivity index is 2.38. The van der Waals surface area contributed by atoms with Gasteiger partial charge < -0.3 is 9.47 Å². The van der Waals surface area contributed by atoms with Crippen LogP contribution in [0.5, 0.6) is 0 Å². The fraction of sp³-hybridized carbons (Fsp3) is 0.333. The topological polar surface area (TPSA) is 55.8 Å². The van der Waals surface area contributed by atoms with Crippen LogP contribution < -0.4 is 0 Å². The zero-order valence-corrected chi connectivity index (χ0v) is 17.2. The van der Waals surface area contributed by atoms with Crippen molar-refractivity contribution in [3.63, 3.8) is 0 Å². The number of methoxy groups -OCH3 is 2. The summed E-state index contributed by atoms with van der Waals surface area (Å²) >= 11 is 3.13. The summed E-state index contributed by atoms with van der Waals surface area (Å²) in [5.41, 5.74) is 1.60. The minimum absolute atomic E-state index is 0.00178. The zero-order valence-electron chi connectivity index (χ0n) is 14.8. The monoisotopic (exact) mass is 445 g/mol. The fourth-order valence-electron chi connectivity index (χ4n) is 2.36. The maximum absolute atomic E-state index is 13.5. The number of benzene rings is 2. The molecule has 0 aliphatic heterocycles. The van der Waals surface area contributed by atoms with Crippen molar-refractivity contribution in [2.24, 2.45) is 0 Å². The van der Waals surface area contributed by atoms with E-state index in [0.29, 0.717) is 5.56 Å². The molecule has 0 amide bonds. The van der Waals surface area contributed by atoms with Crippen LogP contribution in [-0.2, 0) is 26.0 Å². The average Bonchev–Trinajstić information content (AvgIpc) is 2.61. The summed E-state index contributed by atoms with van der Waals surface area (Å²) in [5.74, 6) is -0.409. The molecule has 0 aliphatic carbocycles. The van der Waals surface area contributed by atoms with Crippen molar-refractivity contribution < 1.29 is 22.3 Å². The molecule has 0 aromatic heterocycles. The van der Waals surface area contributed by atoms with Crippen LogP contribution in [0.25, 0.3) is 0 Å². The largest absolute Gasteiger partial charge is 0.354 e. The Morgan fingerprint density at radius 2 is 1.73 bits per heavy atom. The summed E-state index contributed by atoms with van der Waals surface area (Å²) in [7, 11) is -0.902. The summed E-state index contributed by atoms with van der Waals surface area (Å²) in [6, 6.07) is 11.0. The highest BCUT2D eigenvalue weighted by Crippen LogP contribution is 2.23. The van der Waals surface area contributed by atoms with Crippen molar-refractivity contribution >= 4 is 26.0 Å². The summed E-state index contributed by atoms with van der Waals surface area (Å²) in [4.78, 5) is 0.176. The third kappa shape index (κ3) is 5.11. The molecule has 0 saturated carbocycles. The van der Waals surface area contributed by atoms with Gasteiger partial charge in [0.25, 0.3) is 0 Å². The summed E-state index contributed by atoms with van der Waals surface area (Å²) in [6.07, 6.45) is -0.723. The normalized spacial score (nSPS) is 12.1. The minimum Gasteiger partial charge on any atom is -0.354 e. The van der Waals surface area contributed by atoms with Gasteiger partial charge in [-0.25, -0.2) is 12.8 Å². The maximum atomic E-state index is 13.5. The third-order valence-corrected chi connectivity index (χ3v) is 6.31. The molecule has 0 saturated heterocycles. The van der Waals surface area contributed by atoms with Gasteiger partial charge in [0.05, 0.1) is 15.9 Å². The molecule has 2 aromatic rings. The highest BCUT2D eigenvalue weighted by Gasteiger charge is 2.27. The van der Waals surface area contributed by atoms with E-state index in [4.69, 9.17) is 9.47 Å². The first-order chi connectivity index (χ1) is 12.3. The number of hydrogen-bond acceptors (Lipinski definition) is 4. The molecule has 0 unspecified atom stereocenters. The molecule has 0 radical (unpaired) electrons. The van der Waals surface area contributed by atoms with Crippen LogP contribution in [0.3, 0.4) is 0 Å². The van der Waals surface area contributed by atoms with Gasteiger partial charge in [0, 0.05) is 20.8 Å². The van der Waals surface area contributed by atoms with Crippen molar-refractivity contribution in [1.82, 2.24) is 4.31 Å². The van der Waals surface area contributed by atoms with Gasteiger partial charge in [0.15, 0.2) is 6.29 Å². The summed E-state index contributed by atoms with van der Waals surface area (Å²) in [5, 5.41) is 0. The molecular weight excluding hydrogens is 425 g/mol. The van der Waals surface area contributed by atoms with E-state index < -0.39 is 22.1 Å². The number of aryl methyl sites for hydroxylation is 1. The maximum Gasteiger partial charge on any atom is 0.243 e. The van der Waals surface area contributed by atoms with Crippen molar-refractivity contribution in [3.8, 4) is 0 Å². The Hall–Kier alpha value is -1.32. The van der Waals surface area contributed by atoms with E-state index >= 15 is 0 Å². The summed E-state index contributed by atoms with van der Waals surface area (Å²) in [6.45, 7) is 1.94. The van der Waals surface area contributed by atoms with Crippen LogP contribution in [0, 0.1) is 12.7 Å². The van der Waals surface area contributed by atoms with Crippen molar-refractivity contribution in [1.29, 1.82) is 0 Å². The molecule has 5 nitrogen and oxygen atoms in total. The first-order valence-corrected chi connectivity index (χ1v) is 10.1. The molecule has 2 aromatic carbocycles. The van der Waals surface area contributed by atoms with Gasteiger partial charge in [-0.3, -0.25) is 0 Å². The van der Waals surface area contributed by atoms with Gasteiger partial charge in [-0.2, -0.15) is 4.31 Å². The highest BCUT2D eigenvalue weighted by atomic mass is 79.9. The predicted octanol–water partition coefficient (Wildman–Crippen LogP) is 3.71. The second-order valence-electron chi connectivity index (χ2n) is 5.76. The van der Waals surface area contributed by atoms with E-state index in [2.05, 4.69) is 15.9 Å². The number of hydrogen-bond donors (Lipinski definition) is 0. The predicted molar refractivity (Wildman–Crippen MR) is 101 cm³/mol. The van der Waals surface area contributed by atoms with Crippen LogP contribution in [0.4, 0.5) is 4.39 Å². The van der Waals surface area contributed by atoms with E-state index in [1.165, 1.54) is 24.6 Å². The standard InChI is InChI=1S/C18H21BrFNO4S/c1-13-4-7-15(8-5-13)26(22,23)21(12-18(24-2)25-3)11-14-6-9-17(20)16(19)10-14/h4-10,18H,11-12H2,1-3H3. The van der Waals surface area contributed by atoms with E-state index in [0.717, 1.165) is 5.56 Å². The SMILES string of the molecule is COC(CN(Cc1ccc(F)c(Br)c1)S(=O)(=O)c1ccc(C)cc1)OC. The zero-order chi connectivity index (χ0) is 19.3. The molecule has 0 bridgehead atoms. The lowest BCUT2D eigenvalue weighted by Crippen LogP contribution is -2.38. The Morgan fingerprint density at radius 3 is 2.27 bits per heavy atom.